The first kappa shape index (κ1) is 22.8. The maximum atomic E-state index is 12.9. The largest absolute Gasteiger partial charge is 0.382 e. The number of rotatable bonds is 9. The Hall–Kier alpha value is -2.47. The molecule has 1 amide bonds. The predicted octanol–water partition coefficient (Wildman–Crippen LogP) is 1.90. The molecule has 0 bridgehead atoms. The van der Waals surface area contributed by atoms with Gasteiger partial charge in [-0.1, -0.05) is 34.1 Å². The van der Waals surface area contributed by atoms with Crippen LogP contribution in [0.15, 0.2) is 46.2 Å². The molecule has 0 saturated heterocycles. The van der Waals surface area contributed by atoms with Gasteiger partial charge in [0.25, 0.3) is 11.5 Å². The zero-order valence-electron chi connectivity index (χ0n) is 16.1. The van der Waals surface area contributed by atoms with Gasteiger partial charge in [-0.05, 0) is 37.1 Å². The number of carbonyl (C=O) groups is 1. The van der Waals surface area contributed by atoms with Gasteiger partial charge in [0.15, 0.2) is 5.57 Å². The minimum Gasteiger partial charge on any atom is -0.382 e. The summed E-state index contributed by atoms with van der Waals surface area (Å²) < 4.78 is 8.29. The third-order valence-electron chi connectivity index (χ3n) is 3.87. The Morgan fingerprint density at radius 3 is 2.93 bits per heavy atom. The maximum absolute atomic E-state index is 12.9. The van der Waals surface area contributed by atoms with Crippen LogP contribution in [0.5, 0.6) is 0 Å². The molecule has 152 valence electrons. The van der Waals surface area contributed by atoms with Crippen molar-refractivity contribution in [3.63, 3.8) is 0 Å². The molecule has 0 saturated carbocycles. The van der Waals surface area contributed by atoms with Crippen LogP contribution in [-0.2, 0) is 16.1 Å². The summed E-state index contributed by atoms with van der Waals surface area (Å²) in [5, 5.41) is 12.3. The fourth-order valence-corrected chi connectivity index (χ4v) is 4.08. The van der Waals surface area contributed by atoms with E-state index in [0.717, 1.165) is 21.4 Å². The van der Waals surface area contributed by atoms with E-state index in [1.807, 2.05) is 37.3 Å². The highest BCUT2D eigenvalue weighted by Crippen LogP contribution is 2.11. The second-order valence-electron chi connectivity index (χ2n) is 5.97. The van der Waals surface area contributed by atoms with E-state index in [0.29, 0.717) is 35.4 Å². The van der Waals surface area contributed by atoms with E-state index in [1.54, 1.807) is 12.2 Å². The van der Waals surface area contributed by atoms with E-state index < -0.39 is 5.91 Å². The Balaban J connectivity index is 2.48. The average molecular weight is 476 g/mol. The zero-order chi connectivity index (χ0) is 21.2. The van der Waals surface area contributed by atoms with Gasteiger partial charge in [-0.3, -0.25) is 14.2 Å². The number of nitrogens with one attached hydrogen (secondary N) is 1. The highest BCUT2D eigenvalue weighted by Gasteiger charge is 2.15. The third kappa shape index (κ3) is 6.26. The molecule has 0 spiro atoms. The number of carbonyl (C=O) groups excluding carboxylic acids is 1. The Morgan fingerprint density at radius 1 is 1.48 bits per heavy atom. The maximum Gasteiger partial charge on any atom is 0.269 e. The summed E-state index contributed by atoms with van der Waals surface area (Å²) >= 11 is 4.53. The number of nitriles is 1. The second-order valence-corrected chi connectivity index (χ2v) is 7.91. The molecule has 0 atom stereocenters. The van der Waals surface area contributed by atoms with E-state index in [1.165, 1.54) is 4.57 Å². The molecule has 0 aliphatic carbocycles. The van der Waals surface area contributed by atoms with Crippen molar-refractivity contribution in [3.8, 4) is 6.07 Å². The molecule has 29 heavy (non-hydrogen) atoms. The van der Waals surface area contributed by atoms with Gasteiger partial charge in [0.2, 0.25) is 0 Å². The van der Waals surface area contributed by atoms with Gasteiger partial charge in [0.05, 0.1) is 4.53 Å². The van der Waals surface area contributed by atoms with E-state index >= 15 is 0 Å². The first-order chi connectivity index (χ1) is 14.0. The molecule has 1 heterocycles. The molecule has 2 aromatic rings. The van der Waals surface area contributed by atoms with Crippen LogP contribution >= 0.6 is 27.3 Å². The lowest BCUT2D eigenvalue weighted by Crippen LogP contribution is -2.35. The Bertz CT molecular complexity index is 1100. The number of ether oxygens (including phenoxy) is 1. The SMILES string of the molecule is C=CCn1c(=O)/c(=C/c2cccc(Br)c2)s/c1=C(/C#N)C(=O)NCCCOCC. The van der Waals surface area contributed by atoms with Crippen LogP contribution in [0.25, 0.3) is 11.6 Å². The lowest BCUT2D eigenvalue weighted by atomic mass is 10.2. The number of hydrogen-bond acceptors (Lipinski definition) is 5. The number of allylic oxidation sites excluding steroid dienone is 1. The first-order valence-electron chi connectivity index (χ1n) is 9.10. The normalized spacial score (nSPS) is 12.4. The number of hydrogen-bond donors (Lipinski definition) is 1. The summed E-state index contributed by atoms with van der Waals surface area (Å²) in [6.07, 6.45) is 3.95. The molecule has 1 aromatic heterocycles. The van der Waals surface area contributed by atoms with Gasteiger partial charge in [-0.25, -0.2) is 0 Å². The van der Waals surface area contributed by atoms with Crippen LogP contribution in [-0.4, -0.2) is 30.2 Å². The smallest absolute Gasteiger partial charge is 0.269 e. The van der Waals surface area contributed by atoms with Crippen LogP contribution in [0, 0.1) is 11.3 Å². The van der Waals surface area contributed by atoms with Crippen molar-refractivity contribution in [3.05, 3.63) is 66.5 Å². The summed E-state index contributed by atoms with van der Waals surface area (Å²) in [7, 11) is 0. The number of thiazole rings is 1. The van der Waals surface area contributed by atoms with Crippen LogP contribution in [0.3, 0.4) is 0 Å². The first-order valence-corrected chi connectivity index (χ1v) is 10.7. The quantitative estimate of drug-likeness (QED) is 0.443. The Labute approximate surface area is 181 Å². The van der Waals surface area contributed by atoms with Gasteiger partial charge in [-0.15, -0.1) is 17.9 Å². The topological polar surface area (TPSA) is 84.1 Å². The van der Waals surface area contributed by atoms with Gasteiger partial charge in [0, 0.05) is 30.8 Å². The van der Waals surface area contributed by atoms with Crippen LogP contribution in [0.4, 0.5) is 0 Å². The Kier molecular flexibility index (Phi) is 9.06. The number of benzene rings is 1. The fourth-order valence-electron chi connectivity index (χ4n) is 2.55. The van der Waals surface area contributed by atoms with Crippen LogP contribution < -0.4 is 20.1 Å². The highest BCUT2D eigenvalue weighted by atomic mass is 79.9. The Morgan fingerprint density at radius 2 is 2.28 bits per heavy atom. The molecule has 0 aliphatic rings. The summed E-state index contributed by atoms with van der Waals surface area (Å²) in [6.45, 7) is 7.32. The highest BCUT2D eigenvalue weighted by molar-refractivity contribution is 9.10. The van der Waals surface area contributed by atoms with Crippen molar-refractivity contribution < 1.29 is 9.53 Å². The van der Waals surface area contributed by atoms with Crippen molar-refractivity contribution in [1.82, 2.24) is 9.88 Å². The molecule has 2 rings (SSSR count). The van der Waals surface area contributed by atoms with Gasteiger partial charge < -0.3 is 10.1 Å². The second kappa shape index (κ2) is 11.5. The lowest BCUT2D eigenvalue weighted by molar-refractivity contribution is -0.115. The average Bonchev–Trinajstić information content (AvgIpc) is 2.98. The monoisotopic (exact) mass is 475 g/mol. The van der Waals surface area contributed by atoms with Crippen LogP contribution in [0.1, 0.15) is 18.9 Å². The number of amides is 1. The fraction of sp³-hybridized carbons (Fsp3) is 0.286. The van der Waals surface area contributed by atoms with E-state index in [-0.39, 0.29) is 17.7 Å². The molecule has 1 N–H and O–H groups in total. The molecule has 0 fully saturated rings. The standard InChI is InChI=1S/C21H22BrN3O3S/c1-3-10-25-20(27)18(13-15-7-5-8-16(22)12-15)29-21(25)17(14-23)19(26)24-9-6-11-28-4-2/h3,5,7-8,12-13H,1,4,6,9-11H2,2H3,(H,24,26)/b18-13-,21-17-. The molecule has 8 heteroatoms. The molecular weight excluding hydrogens is 454 g/mol. The van der Waals surface area contributed by atoms with Crippen molar-refractivity contribution in [1.29, 1.82) is 5.26 Å². The minimum absolute atomic E-state index is 0.0840. The van der Waals surface area contributed by atoms with Crippen molar-refractivity contribution in [2.45, 2.75) is 19.9 Å². The molecular formula is C21H22BrN3O3S. The summed E-state index contributed by atoms with van der Waals surface area (Å²) in [6, 6.07) is 9.48. The molecule has 6 nitrogen and oxygen atoms in total. The lowest BCUT2D eigenvalue weighted by Gasteiger charge is -2.04. The van der Waals surface area contributed by atoms with E-state index in [4.69, 9.17) is 4.74 Å². The molecule has 1 aromatic carbocycles. The predicted molar refractivity (Wildman–Crippen MR) is 119 cm³/mol. The third-order valence-corrected chi connectivity index (χ3v) is 5.50. The summed E-state index contributed by atoms with van der Waals surface area (Å²) in [4.78, 5) is 25.4. The summed E-state index contributed by atoms with van der Waals surface area (Å²) in [5.74, 6) is -0.503. The molecule has 0 unspecified atom stereocenters. The van der Waals surface area contributed by atoms with E-state index in [9.17, 15) is 14.9 Å². The number of aromatic nitrogens is 1. The summed E-state index contributed by atoms with van der Waals surface area (Å²) in [5.41, 5.74) is 0.495. The van der Waals surface area contributed by atoms with Crippen molar-refractivity contribution in [2.75, 3.05) is 19.8 Å². The van der Waals surface area contributed by atoms with E-state index in [2.05, 4.69) is 27.8 Å². The number of nitrogens with zero attached hydrogens (tertiary/aromatic N) is 2. The molecule has 0 aliphatic heterocycles. The molecule has 0 radical (unpaired) electrons. The minimum atomic E-state index is -0.503. The van der Waals surface area contributed by atoms with Gasteiger partial charge >= 0.3 is 0 Å². The van der Waals surface area contributed by atoms with Crippen molar-refractivity contribution >= 4 is 44.8 Å². The number of halogens is 1. The van der Waals surface area contributed by atoms with Gasteiger partial charge in [-0.2, -0.15) is 5.26 Å². The van der Waals surface area contributed by atoms with Gasteiger partial charge in [0.1, 0.15) is 10.7 Å². The zero-order valence-corrected chi connectivity index (χ0v) is 18.5. The van der Waals surface area contributed by atoms with Crippen molar-refractivity contribution in [2.24, 2.45) is 0 Å². The van der Waals surface area contributed by atoms with Crippen LogP contribution in [0.2, 0.25) is 0 Å².